The number of hydrogen-bond acceptors (Lipinski definition) is 3. The molecular formula is C13H13N3O2. The summed E-state index contributed by atoms with van der Waals surface area (Å²) in [6, 6.07) is 7.22. The van der Waals surface area contributed by atoms with Gasteiger partial charge in [-0.2, -0.15) is 0 Å². The molecule has 1 N–H and O–H groups in total. The molecule has 2 aromatic rings. The zero-order valence-corrected chi connectivity index (χ0v) is 9.74. The second kappa shape index (κ2) is 4.52. The summed E-state index contributed by atoms with van der Waals surface area (Å²) in [5.74, 6) is 0.552. The van der Waals surface area contributed by atoms with Gasteiger partial charge in [0.2, 0.25) is 0 Å². The van der Waals surface area contributed by atoms with Gasteiger partial charge in [0.05, 0.1) is 17.9 Å². The van der Waals surface area contributed by atoms with Gasteiger partial charge in [-0.25, -0.2) is 4.98 Å². The number of fused-ring (bicyclic) bond motifs is 1. The van der Waals surface area contributed by atoms with Crippen LogP contribution < -0.4 is 10.1 Å². The van der Waals surface area contributed by atoms with Gasteiger partial charge < -0.3 is 14.6 Å². The third-order valence-corrected chi connectivity index (χ3v) is 2.90. The van der Waals surface area contributed by atoms with Crippen LogP contribution in [0.15, 0.2) is 43.0 Å². The summed E-state index contributed by atoms with van der Waals surface area (Å²) in [6.07, 6.45) is 5.31. The lowest BCUT2D eigenvalue weighted by atomic mass is 10.2. The molecule has 0 fully saturated rings. The van der Waals surface area contributed by atoms with Crippen molar-refractivity contribution in [3.05, 3.63) is 48.5 Å². The third-order valence-electron chi connectivity index (χ3n) is 2.90. The Hall–Kier alpha value is -2.30. The molecule has 0 bridgehead atoms. The Balaban J connectivity index is 1.78. The van der Waals surface area contributed by atoms with E-state index in [1.165, 1.54) is 0 Å². The molecule has 18 heavy (non-hydrogen) atoms. The van der Waals surface area contributed by atoms with Crippen molar-refractivity contribution in [2.45, 2.75) is 12.6 Å². The average molecular weight is 243 g/mol. The van der Waals surface area contributed by atoms with E-state index in [1.54, 1.807) is 18.6 Å². The van der Waals surface area contributed by atoms with Gasteiger partial charge >= 0.3 is 0 Å². The molecule has 2 heterocycles. The second-order valence-electron chi connectivity index (χ2n) is 4.24. The fourth-order valence-electron chi connectivity index (χ4n) is 2.02. The number of hydrogen-bond donors (Lipinski definition) is 1. The van der Waals surface area contributed by atoms with Crippen LogP contribution in [-0.4, -0.2) is 28.1 Å². The average Bonchev–Trinajstić information content (AvgIpc) is 2.83. The van der Waals surface area contributed by atoms with E-state index < -0.39 is 0 Å². The van der Waals surface area contributed by atoms with Gasteiger partial charge in [-0.3, -0.25) is 4.79 Å². The number of para-hydroxylation sites is 1. The Labute approximate surface area is 104 Å². The molecule has 1 aromatic carbocycles. The minimum absolute atomic E-state index is 0.0564. The highest BCUT2D eigenvalue weighted by Crippen LogP contribution is 2.20. The fourth-order valence-corrected chi connectivity index (χ4v) is 2.02. The smallest absolute Gasteiger partial charge is 0.255 e. The lowest BCUT2D eigenvalue weighted by Gasteiger charge is -2.15. The fraction of sp³-hybridized carbons (Fsp3) is 0.231. The summed E-state index contributed by atoms with van der Waals surface area (Å²) in [5.41, 5.74) is 0.589. The molecule has 0 unspecified atom stereocenters. The Morgan fingerprint density at radius 2 is 2.33 bits per heavy atom. The first-order valence-electron chi connectivity index (χ1n) is 5.81. The molecule has 0 radical (unpaired) electrons. The van der Waals surface area contributed by atoms with Crippen molar-refractivity contribution in [2.24, 2.45) is 0 Å². The van der Waals surface area contributed by atoms with Gasteiger partial charge in [-0.05, 0) is 12.1 Å². The standard InChI is InChI=1S/C13H13N3O2/c17-13-11-3-1-2-4-12(11)18-8-10(15-13)7-16-6-5-14-9-16/h1-6,9-10H,7-8H2,(H,15,17)/t10-/m0/s1. The molecule has 1 aliphatic rings. The van der Waals surface area contributed by atoms with Crippen LogP contribution in [0.1, 0.15) is 10.4 Å². The number of benzene rings is 1. The highest BCUT2D eigenvalue weighted by atomic mass is 16.5. The number of imidazole rings is 1. The van der Waals surface area contributed by atoms with Crippen molar-refractivity contribution >= 4 is 5.91 Å². The molecule has 3 rings (SSSR count). The predicted molar refractivity (Wildman–Crippen MR) is 65.4 cm³/mol. The number of carbonyl (C=O) groups is 1. The quantitative estimate of drug-likeness (QED) is 0.858. The molecule has 5 heteroatoms. The Kier molecular flexibility index (Phi) is 2.72. The summed E-state index contributed by atoms with van der Waals surface area (Å²) in [6.45, 7) is 1.11. The second-order valence-corrected chi connectivity index (χ2v) is 4.24. The normalized spacial score (nSPS) is 18.4. The maximum absolute atomic E-state index is 12.0. The minimum atomic E-state index is -0.0896. The molecule has 1 amide bonds. The number of ether oxygens (including phenoxy) is 1. The number of nitrogens with zero attached hydrogens (tertiary/aromatic N) is 2. The molecule has 1 aliphatic heterocycles. The van der Waals surface area contributed by atoms with E-state index in [2.05, 4.69) is 10.3 Å². The van der Waals surface area contributed by atoms with Crippen molar-refractivity contribution in [1.29, 1.82) is 0 Å². The molecule has 1 atom stereocenters. The van der Waals surface area contributed by atoms with E-state index in [0.29, 0.717) is 24.5 Å². The Morgan fingerprint density at radius 1 is 1.44 bits per heavy atom. The lowest BCUT2D eigenvalue weighted by Crippen LogP contribution is -2.39. The molecule has 0 spiro atoms. The van der Waals surface area contributed by atoms with Gasteiger partial charge in [0.25, 0.3) is 5.91 Å². The summed E-state index contributed by atoms with van der Waals surface area (Å²) in [5, 5.41) is 2.96. The summed E-state index contributed by atoms with van der Waals surface area (Å²) in [4.78, 5) is 16.0. The van der Waals surface area contributed by atoms with Crippen LogP contribution in [0.2, 0.25) is 0 Å². The molecular weight excluding hydrogens is 230 g/mol. The van der Waals surface area contributed by atoms with Crippen LogP contribution in [0.4, 0.5) is 0 Å². The van der Waals surface area contributed by atoms with Gasteiger partial charge in [0, 0.05) is 18.9 Å². The first-order valence-corrected chi connectivity index (χ1v) is 5.81. The van der Waals surface area contributed by atoms with Crippen LogP contribution in [0.3, 0.4) is 0 Å². The number of aromatic nitrogens is 2. The first-order chi connectivity index (χ1) is 8.83. The van der Waals surface area contributed by atoms with Crippen molar-refractivity contribution in [3.63, 3.8) is 0 Å². The molecule has 0 aliphatic carbocycles. The first kappa shape index (κ1) is 10.8. The Morgan fingerprint density at radius 3 is 3.17 bits per heavy atom. The topological polar surface area (TPSA) is 56.2 Å². The third kappa shape index (κ3) is 2.07. The summed E-state index contributed by atoms with van der Waals surface area (Å²) < 4.78 is 7.58. The lowest BCUT2D eigenvalue weighted by molar-refractivity contribution is 0.0934. The monoisotopic (exact) mass is 243 g/mol. The number of carbonyl (C=O) groups excluding carboxylic acids is 1. The molecule has 1 aromatic heterocycles. The summed E-state index contributed by atoms with van der Waals surface area (Å²) >= 11 is 0. The van der Waals surface area contributed by atoms with Gasteiger partial charge in [-0.15, -0.1) is 0 Å². The van der Waals surface area contributed by atoms with E-state index in [-0.39, 0.29) is 11.9 Å². The van der Waals surface area contributed by atoms with Crippen LogP contribution in [0.5, 0.6) is 5.75 Å². The van der Waals surface area contributed by atoms with E-state index in [4.69, 9.17) is 4.74 Å². The minimum Gasteiger partial charge on any atom is -0.491 e. The number of rotatable bonds is 2. The summed E-state index contributed by atoms with van der Waals surface area (Å²) in [7, 11) is 0. The van der Waals surface area contributed by atoms with E-state index in [0.717, 1.165) is 0 Å². The zero-order chi connectivity index (χ0) is 12.4. The molecule has 0 saturated carbocycles. The van der Waals surface area contributed by atoms with Gasteiger partial charge in [-0.1, -0.05) is 12.1 Å². The molecule has 92 valence electrons. The van der Waals surface area contributed by atoms with Gasteiger partial charge in [0.1, 0.15) is 12.4 Å². The van der Waals surface area contributed by atoms with Gasteiger partial charge in [0.15, 0.2) is 0 Å². The van der Waals surface area contributed by atoms with E-state index >= 15 is 0 Å². The van der Waals surface area contributed by atoms with Crippen molar-refractivity contribution in [3.8, 4) is 5.75 Å². The maximum atomic E-state index is 12.0. The highest BCUT2D eigenvalue weighted by Gasteiger charge is 2.22. The van der Waals surface area contributed by atoms with E-state index in [9.17, 15) is 4.79 Å². The van der Waals surface area contributed by atoms with E-state index in [1.807, 2.05) is 29.0 Å². The Bertz CT molecular complexity index is 551. The van der Waals surface area contributed by atoms with Crippen LogP contribution >= 0.6 is 0 Å². The van der Waals surface area contributed by atoms with Crippen molar-refractivity contribution < 1.29 is 9.53 Å². The van der Waals surface area contributed by atoms with Crippen LogP contribution in [-0.2, 0) is 6.54 Å². The maximum Gasteiger partial charge on any atom is 0.255 e. The zero-order valence-electron chi connectivity index (χ0n) is 9.74. The largest absolute Gasteiger partial charge is 0.491 e. The number of amides is 1. The van der Waals surface area contributed by atoms with Crippen LogP contribution in [0, 0.1) is 0 Å². The molecule has 0 saturated heterocycles. The predicted octanol–water partition coefficient (Wildman–Crippen LogP) is 1.07. The molecule has 5 nitrogen and oxygen atoms in total. The SMILES string of the molecule is O=C1N[C@@H](Cn2ccnc2)COc2ccccc21. The van der Waals surface area contributed by atoms with Crippen molar-refractivity contribution in [1.82, 2.24) is 14.9 Å². The van der Waals surface area contributed by atoms with Crippen molar-refractivity contribution in [2.75, 3.05) is 6.61 Å². The number of nitrogens with one attached hydrogen (secondary N) is 1. The van der Waals surface area contributed by atoms with Crippen LogP contribution in [0.25, 0.3) is 0 Å². The highest BCUT2D eigenvalue weighted by molar-refractivity contribution is 5.97.